The Kier molecular flexibility index (Phi) is 7.34. The molecule has 5 rings (SSSR count). The molecule has 1 aliphatic heterocycles. The summed E-state index contributed by atoms with van der Waals surface area (Å²) >= 11 is 1.33. The van der Waals surface area contributed by atoms with Gasteiger partial charge in [0.2, 0.25) is 0 Å². The maximum atomic E-state index is 13.6. The molecule has 0 aliphatic carbocycles. The summed E-state index contributed by atoms with van der Waals surface area (Å²) in [6, 6.07) is 11.6. The van der Waals surface area contributed by atoms with E-state index in [1.54, 1.807) is 37.4 Å². The van der Waals surface area contributed by atoms with Gasteiger partial charge in [-0.3, -0.25) is 19.5 Å². The van der Waals surface area contributed by atoms with Crippen LogP contribution in [0.2, 0.25) is 0 Å². The minimum atomic E-state index is -0.932. The van der Waals surface area contributed by atoms with Gasteiger partial charge < -0.3 is 14.6 Å². The first kappa shape index (κ1) is 26.4. The van der Waals surface area contributed by atoms with Crippen LogP contribution in [-0.4, -0.2) is 40.5 Å². The molecule has 4 aromatic rings. The van der Waals surface area contributed by atoms with Crippen molar-refractivity contribution >= 4 is 44.1 Å². The molecule has 0 bridgehead atoms. The number of aromatic nitrogens is 2. The van der Waals surface area contributed by atoms with Crippen LogP contribution in [0.5, 0.6) is 11.5 Å². The number of Topliss-reactive ketones (excluding diaryl/α,β-unsaturated/α-hetero) is 1. The molecule has 8 nitrogen and oxygen atoms in total. The van der Waals surface area contributed by atoms with Crippen molar-refractivity contribution < 1.29 is 24.2 Å². The van der Waals surface area contributed by atoms with Crippen molar-refractivity contribution in [3.63, 3.8) is 0 Å². The van der Waals surface area contributed by atoms with Crippen LogP contribution in [-0.2, 0) is 9.59 Å². The second kappa shape index (κ2) is 10.9. The normalized spacial score (nSPS) is 16.7. The zero-order valence-corrected chi connectivity index (χ0v) is 23.0. The smallest absolute Gasteiger partial charge is 0.301 e. The van der Waals surface area contributed by atoms with E-state index in [1.165, 1.54) is 28.6 Å². The topological polar surface area (TPSA) is 102 Å². The Balaban J connectivity index is 1.70. The van der Waals surface area contributed by atoms with Gasteiger partial charge in [-0.2, -0.15) is 0 Å². The zero-order chi connectivity index (χ0) is 27.7. The first-order valence-electron chi connectivity index (χ1n) is 12.7. The van der Waals surface area contributed by atoms with Gasteiger partial charge in [0.25, 0.3) is 5.78 Å². The average Bonchev–Trinajstić information content (AvgIpc) is 3.47. The molecule has 39 heavy (non-hydrogen) atoms. The molecule has 1 amide bonds. The monoisotopic (exact) mass is 543 g/mol. The molecular weight excluding hydrogens is 514 g/mol. The predicted molar refractivity (Wildman–Crippen MR) is 152 cm³/mol. The Hall–Kier alpha value is -4.24. The summed E-state index contributed by atoms with van der Waals surface area (Å²) in [5.74, 6) is -0.797. The molecule has 3 heterocycles. The molecule has 1 N–H and O–H groups in total. The van der Waals surface area contributed by atoms with E-state index in [9.17, 15) is 14.7 Å². The largest absolute Gasteiger partial charge is 0.507 e. The second-order valence-corrected chi connectivity index (χ2v) is 10.5. The van der Waals surface area contributed by atoms with Gasteiger partial charge in [0.05, 0.1) is 35.5 Å². The number of ketones is 1. The number of carbonyl (C=O) groups excluding carboxylic acids is 2. The number of aliphatic hydroxyl groups excluding tert-OH is 1. The van der Waals surface area contributed by atoms with E-state index in [2.05, 4.69) is 11.9 Å². The number of aliphatic hydroxyl groups is 1. The van der Waals surface area contributed by atoms with Crippen molar-refractivity contribution in [1.82, 2.24) is 9.97 Å². The predicted octanol–water partition coefficient (Wildman–Crippen LogP) is 6.12. The highest BCUT2D eigenvalue weighted by Crippen LogP contribution is 2.46. The molecule has 0 spiro atoms. The Morgan fingerprint density at radius 1 is 1.08 bits per heavy atom. The number of hydrogen-bond acceptors (Lipinski definition) is 8. The van der Waals surface area contributed by atoms with E-state index in [-0.39, 0.29) is 11.3 Å². The van der Waals surface area contributed by atoms with Gasteiger partial charge in [-0.15, -0.1) is 0 Å². The number of amides is 1. The van der Waals surface area contributed by atoms with Crippen molar-refractivity contribution in [2.75, 3.05) is 18.6 Å². The minimum absolute atomic E-state index is 0.0277. The van der Waals surface area contributed by atoms with Crippen LogP contribution in [0.3, 0.4) is 0 Å². The standard InChI is InChI=1S/C30H29N3O5S/c1-5-6-13-38-21-8-7-20(16-22(21)37-4)26-24(27(34)19-9-11-31-12-10-19)28(35)29(36)33(26)30-32-25-18(3)14-17(2)15-23(25)39-30/h7-12,14-16,26,34H,5-6,13H2,1-4H3. The molecule has 1 aliphatic rings. The lowest BCUT2D eigenvalue weighted by Gasteiger charge is -2.24. The van der Waals surface area contributed by atoms with Gasteiger partial charge in [-0.1, -0.05) is 36.8 Å². The quantitative estimate of drug-likeness (QED) is 0.124. The van der Waals surface area contributed by atoms with E-state index >= 15 is 0 Å². The fourth-order valence-electron chi connectivity index (χ4n) is 4.77. The van der Waals surface area contributed by atoms with Crippen LogP contribution in [0.4, 0.5) is 5.13 Å². The van der Waals surface area contributed by atoms with Gasteiger partial charge >= 0.3 is 5.91 Å². The van der Waals surface area contributed by atoms with Crippen LogP contribution < -0.4 is 14.4 Å². The summed E-state index contributed by atoms with van der Waals surface area (Å²) in [7, 11) is 1.54. The van der Waals surface area contributed by atoms with Crippen molar-refractivity contribution in [2.24, 2.45) is 0 Å². The zero-order valence-electron chi connectivity index (χ0n) is 22.2. The maximum absolute atomic E-state index is 13.6. The van der Waals surface area contributed by atoms with E-state index in [0.717, 1.165) is 34.2 Å². The minimum Gasteiger partial charge on any atom is -0.507 e. The lowest BCUT2D eigenvalue weighted by atomic mass is 9.95. The third kappa shape index (κ3) is 4.85. The summed E-state index contributed by atoms with van der Waals surface area (Å²) in [5, 5.41) is 11.7. The molecule has 200 valence electrons. The Labute approximate surface area is 230 Å². The number of hydrogen-bond donors (Lipinski definition) is 1. The Morgan fingerprint density at radius 2 is 1.85 bits per heavy atom. The number of pyridine rings is 1. The van der Waals surface area contributed by atoms with E-state index in [4.69, 9.17) is 14.5 Å². The first-order valence-corrected chi connectivity index (χ1v) is 13.6. The molecular formula is C30H29N3O5S. The number of fused-ring (bicyclic) bond motifs is 1. The fourth-order valence-corrected chi connectivity index (χ4v) is 5.94. The van der Waals surface area contributed by atoms with Gasteiger partial charge in [0, 0.05) is 18.0 Å². The van der Waals surface area contributed by atoms with Crippen LogP contribution >= 0.6 is 11.3 Å². The maximum Gasteiger partial charge on any atom is 0.301 e. The number of thiazole rings is 1. The molecule has 1 fully saturated rings. The molecule has 2 aromatic heterocycles. The van der Waals surface area contributed by atoms with Crippen molar-refractivity contribution in [3.05, 3.63) is 82.7 Å². The van der Waals surface area contributed by atoms with Crippen LogP contribution in [0, 0.1) is 13.8 Å². The SMILES string of the molecule is CCCCOc1ccc(C2C(=C(O)c3ccncc3)C(=O)C(=O)N2c2nc3c(C)cc(C)cc3s2)cc1OC. The number of benzene rings is 2. The number of ether oxygens (including phenoxy) is 2. The number of aryl methyl sites for hydroxylation is 2. The van der Waals surface area contributed by atoms with Crippen LogP contribution in [0.15, 0.2) is 60.4 Å². The summed E-state index contributed by atoms with van der Waals surface area (Å²) in [6.07, 6.45) is 4.92. The van der Waals surface area contributed by atoms with Crippen LogP contribution in [0.25, 0.3) is 16.0 Å². The summed E-state index contributed by atoms with van der Waals surface area (Å²) in [5.41, 5.74) is 3.77. The molecule has 0 saturated carbocycles. The third-order valence-corrected chi connectivity index (χ3v) is 7.68. The van der Waals surface area contributed by atoms with Gasteiger partial charge in [-0.05, 0) is 67.3 Å². The Bertz CT molecular complexity index is 1600. The molecule has 1 saturated heterocycles. The summed E-state index contributed by atoms with van der Waals surface area (Å²) < 4.78 is 12.4. The summed E-state index contributed by atoms with van der Waals surface area (Å²) in [6.45, 7) is 6.59. The lowest BCUT2D eigenvalue weighted by molar-refractivity contribution is -0.132. The average molecular weight is 544 g/mol. The molecule has 2 aromatic carbocycles. The van der Waals surface area contributed by atoms with E-state index in [1.807, 2.05) is 26.0 Å². The third-order valence-electron chi connectivity index (χ3n) is 6.68. The first-order chi connectivity index (χ1) is 18.8. The highest BCUT2D eigenvalue weighted by molar-refractivity contribution is 7.22. The highest BCUT2D eigenvalue weighted by atomic mass is 32.1. The lowest BCUT2D eigenvalue weighted by Crippen LogP contribution is -2.29. The highest BCUT2D eigenvalue weighted by Gasteiger charge is 2.48. The number of nitrogens with zero attached hydrogens (tertiary/aromatic N) is 3. The number of methoxy groups -OCH3 is 1. The molecule has 1 atom stereocenters. The second-order valence-electron chi connectivity index (χ2n) is 9.44. The molecule has 1 unspecified atom stereocenters. The summed E-state index contributed by atoms with van der Waals surface area (Å²) in [4.78, 5) is 37.3. The van der Waals surface area contributed by atoms with E-state index in [0.29, 0.717) is 34.4 Å². The number of rotatable bonds is 8. The number of anilines is 1. The van der Waals surface area contributed by atoms with Crippen molar-refractivity contribution in [1.29, 1.82) is 0 Å². The number of carbonyl (C=O) groups is 2. The van der Waals surface area contributed by atoms with Crippen LogP contribution in [0.1, 0.15) is 48.1 Å². The van der Waals surface area contributed by atoms with E-state index < -0.39 is 17.7 Å². The molecule has 0 radical (unpaired) electrons. The van der Waals surface area contributed by atoms with Crippen molar-refractivity contribution in [3.8, 4) is 11.5 Å². The molecule has 9 heteroatoms. The Morgan fingerprint density at radius 3 is 2.56 bits per heavy atom. The fraction of sp³-hybridized carbons (Fsp3) is 0.267. The van der Waals surface area contributed by atoms with Crippen molar-refractivity contribution in [2.45, 2.75) is 39.7 Å². The van der Waals surface area contributed by atoms with Gasteiger partial charge in [0.1, 0.15) is 5.76 Å². The number of unbranched alkanes of at least 4 members (excludes halogenated alkanes) is 1. The van der Waals surface area contributed by atoms with Gasteiger partial charge in [0.15, 0.2) is 16.6 Å². The van der Waals surface area contributed by atoms with Gasteiger partial charge in [-0.25, -0.2) is 4.98 Å².